The summed E-state index contributed by atoms with van der Waals surface area (Å²) in [7, 11) is 1.96. The summed E-state index contributed by atoms with van der Waals surface area (Å²) in [5, 5.41) is 7.55. The molecule has 4 heteroatoms. The minimum absolute atomic E-state index is 0.198. The zero-order valence-corrected chi connectivity index (χ0v) is 11.0. The maximum absolute atomic E-state index is 5.33. The van der Waals surface area contributed by atoms with E-state index in [1.807, 2.05) is 20.0 Å². The Kier molecular flexibility index (Phi) is 3.29. The van der Waals surface area contributed by atoms with E-state index in [-0.39, 0.29) is 6.04 Å². The van der Waals surface area contributed by atoms with Crippen molar-refractivity contribution in [3.05, 3.63) is 44.4 Å². The highest BCUT2D eigenvalue weighted by atomic mass is 79.9. The van der Waals surface area contributed by atoms with Crippen LogP contribution >= 0.6 is 27.3 Å². The molecular formula is C11H12BrNOS. The van der Waals surface area contributed by atoms with Crippen molar-refractivity contribution in [2.45, 2.75) is 13.0 Å². The highest BCUT2D eigenvalue weighted by Gasteiger charge is 2.18. The normalized spacial score (nSPS) is 13.0. The lowest BCUT2D eigenvalue weighted by molar-refractivity contribution is 0.523. The van der Waals surface area contributed by atoms with Gasteiger partial charge in [-0.3, -0.25) is 0 Å². The predicted octanol–water partition coefficient (Wildman–Crippen LogP) is 3.72. The Morgan fingerprint density at radius 1 is 1.40 bits per heavy atom. The van der Waals surface area contributed by atoms with Crippen LogP contribution in [0.2, 0.25) is 0 Å². The molecule has 2 rings (SSSR count). The van der Waals surface area contributed by atoms with Gasteiger partial charge in [0, 0.05) is 15.4 Å². The van der Waals surface area contributed by atoms with Gasteiger partial charge in [-0.2, -0.15) is 11.3 Å². The van der Waals surface area contributed by atoms with E-state index in [9.17, 15) is 0 Å². The molecule has 0 aliphatic rings. The first-order chi connectivity index (χ1) is 7.24. The molecule has 1 N–H and O–H groups in total. The third-order valence-corrected chi connectivity index (χ3v) is 4.20. The van der Waals surface area contributed by atoms with Gasteiger partial charge < -0.3 is 9.73 Å². The second-order valence-corrected chi connectivity index (χ2v) is 4.93. The molecule has 2 nitrogen and oxygen atoms in total. The first-order valence-corrected chi connectivity index (χ1v) is 6.40. The number of aryl methyl sites for hydroxylation is 1. The number of nitrogens with one attached hydrogen (secondary N) is 1. The van der Waals surface area contributed by atoms with Crippen molar-refractivity contribution in [3.63, 3.8) is 0 Å². The first kappa shape index (κ1) is 10.9. The predicted molar refractivity (Wildman–Crippen MR) is 66.4 cm³/mol. The lowest BCUT2D eigenvalue weighted by Crippen LogP contribution is -2.17. The standard InChI is InChI=1S/C11H12BrNOS/c1-7-8(3-4-14-7)11(13-2)9-5-15-6-10(9)12/h3-6,11,13H,1-2H3. The van der Waals surface area contributed by atoms with E-state index < -0.39 is 0 Å². The quantitative estimate of drug-likeness (QED) is 0.930. The Morgan fingerprint density at radius 2 is 2.20 bits per heavy atom. The molecule has 0 bridgehead atoms. The molecule has 0 aromatic carbocycles. The summed E-state index contributed by atoms with van der Waals surface area (Å²) < 4.78 is 6.48. The summed E-state index contributed by atoms with van der Waals surface area (Å²) in [4.78, 5) is 0. The van der Waals surface area contributed by atoms with Crippen molar-refractivity contribution in [2.75, 3.05) is 7.05 Å². The van der Waals surface area contributed by atoms with E-state index in [4.69, 9.17) is 4.42 Å². The smallest absolute Gasteiger partial charge is 0.105 e. The van der Waals surface area contributed by atoms with Crippen molar-refractivity contribution >= 4 is 27.3 Å². The molecule has 0 amide bonds. The molecule has 0 fully saturated rings. The van der Waals surface area contributed by atoms with Gasteiger partial charge in [-0.05, 0) is 46.9 Å². The van der Waals surface area contributed by atoms with E-state index in [1.165, 1.54) is 11.1 Å². The summed E-state index contributed by atoms with van der Waals surface area (Å²) in [6.45, 7) is 1.99. The number of rotatable bonds is 3. The Bertz CT molecular complexity index is 409. The molecule has 80 valence electrons. The maximum atomic E-state index is 5.33. The van der Waals surface area contributed by atoms with Crippen LogP contribution in [0.1, 0.15) is 22.9 Å². The number of hydrogen-bond acceptors (Lipinski definition) is 3. The van der Waals surface area contributed by atoms with E-state index in [1.54, 1.807) is 17.6 Å². The molecule has 2 aromatic heterocycles. The van der Waals surface area contributed by atoms with Gasteiger partial charge in [0.25, 0.3) is 0 Å². The third-order valence-electron chi connectivity index (χ3n) is 2.45. The van der Waals surface area contributed by atoms with Crippen LogP contribution in [-0.4, -0.2) is 7.05 Å². The topological polar surface area (TPSA) is 25.2 Å². The summed E-state index contributed by atoms with van der Waals surface area (Å²) in [5.41, 5.74) is 2.45. The molecule has 1 unspecified atom stereocenters. The van der Waals surface area contributed by atoms with Crippen molar-refractivity contribution in [3.8, 4) is 0 Å². The first-order valence-electron chi connectivity index (χ1n) is 4.67. The lowest BCUT2D eigenvalue weighted by Gasteiger charge is -2.15. The van der Waals surface area contributed by atoms with Crippen LogP contribution in [0.25, 0.3) is 0 Å². The highest BCUT2D eigenvalue weighted by molar-refractivity contribution is 9.10. The van der Waals surface area contributed by atoms with Gasteiger partial charge in [-0.1, -0.05) is 0 Å². The van der Waals surface area contributed by atoms with Crippen LogP contribution in [0.15, 0.2) is 32.0 Å². The zero-order chi connectivity index (χ0) is 10.8. The molecule has 0 aliphatic heterocycles. The average molecular weight is 286 g/mol. The molecule has 0 spiro atoms. The van der Waals surface area contributed by atoms with Crippen LogP contribution in [0.5, 0.6) is 0 Å². The summed E-state index contributed by atoms with van der Waals surface area (Å²) in [6.07, 6.45) is 1.73. The van der Waals surface area contributed by atoms with E-state index in [0.717, 1.165) is 10.2 Å². The zero-order valence-electron chi connectivity index (χ0n) is 8.58. The Morgan fingerprint density at radius 3 is 2.67 bits per heavy atom. The molecule has 2 heterocycles. The largest absolute Gasteiger partial charge is 0.469 e. The van der Waals surface area contributed by atoms with Crippen LogP contribution in [0, 0.1) is 6.92 Å². The molecule has 0 radical (unpaired) electrons. The number of halogens is 1. The minimum Gasteiger partial charge on any atom is -0.469 e. The number of hydrogen-bond donors (Lipinski definition) is 1. The maximum Gasteiger partial charge on any atom is 0.105 e. The molecule has 1 atom stereocenters. The Labute approximate surface area is 101 Å². The Hall–Kier alpha value is -0.580. The molecule has 2 aromatic rings. The second kappa shape index (κ2) is 4.51. The van der Waals surface area contributed by atoms with Crippen molar-refractivity contribution < 1.29 is 4.42 Å². The fraction of sp³-hybridized carbons (Fsp3) is 0.273. The number of furan rings is 1. The Balaban J connectivity index is 2.41. The van der Waals surface area contributed by atoms with Crippen LogP contribution < -0.4 is 5.32 Å². The van der Waals surface area contributed by atoms with Gasteiger partial charge in [0.05, 0.1) is 12.3 Å². The second-order valence-electron chi connectivity index (χ2n) is 3.33. The fourth-order valence-corrected chi connectivity index (χ4v) is 3.22. The van der Waals surface area contributed by atoms with Crippen LogP contribution in [-0.2, 0) is 0 Å². The summed E-state index contributed by atoms with van der Waals surface area (Å²) >= 11 is 5.25. The van der Waals surface area contributed by atoms with Crippen LogP contribution in [0.4, 0.5) is 0 Å². The highest BCUT2D eigenvalue weighted by Crippen LogP contribution is 2.32. The van der Waals surface area contributed by atoms with E-state index >= 15 is 0 Å². The molecule has 15 heavy (non-hydrogen) atoms. The summed E-state index contributed by atoms with van der Waals surface area (Å²) in [5.74, 6) is 0.965. The lowest BCUT2D eigenvalue weighted by atomic mass is 10.0. The van der Waals surface area contributed by atoms with Gasteiger partial charge in [0.15, 0.2) is 0 Å². The van der Waals surface area contributed by atoms with Gasteiger partial charge in [-0.25, -0.2) is 0 Å². The number of thiophene rings is 1. The van der Waals surface area contributed by atoms with Gasteiger partial charge in [-0.15, -0.1) is 0 Å². The fourth-order valence-electron chi connectivity index (χ4n) is 1.67. The minimum atomic E-state index is 0.198. The van der Waals surface area contributed by atoms with Gasteiger partial charge >= 0.3 is 0 Å². The average Bonchev–Trinajstić information content (AvgIpc) is 2.80. The van der Waals surface area contributed by atoms with E-state index in [0.29, 0.717) is 0 Å². The monoisotopic (exact) mass is 285 g/mol. The summed E-state index contributed by atoms with van der Waals surface area (Å²) in [6, 6.07) is 2.21. The third kappa shape index (κ3) is 2.02. The van der Waals surface area contributed by atoms with Crippen LogP contribution in [0.3, 0.4) is 0 Å². The van der Waals surface area contributed by atoms with Crippen molar-refractivity contribution in [1.29, 1.82) is 0 Å². The van der Waals surface area contributed by atoms with Gasteiger partial charge in [0.2, 0.25) is 0 Å². The molecule has 0 saturated carbocycles. The van der Waals surface area contributed by atoms with E-state index in [2.05, 4.69) is 32.0 Å². The molecular weight excluding hydrogens is 274 g/mol. The van der Waals surface area contributed by atoms with Gasteiger partial charge in [0.1, 0.15) is 5.76 Å². The van der Waals surface area contributed by atoms with Crippen molar-refractivity contribution in [1.82, 2.24) is 5.32 Å². The molecule has 0 saturated heterocycles. The van der Waals surface area contributed by atoms with Crippen molar-refractivity contribution in [2.24, 2.45) is 0 Å². The molecule has 0 aliphatic carbocycles. The SMILES string of the molecule is CNC(c1cscc1Br)c1ccoc1C.